The summed E-state index contributed by atoms with van der Waals surface area (Å²) in [5.41, 5.74) is 0.389. The topological polar surface area (TPSA) is 84.2 Å². The van der Waals surface area contributed by atoms with Crippen LogP contribution < -0.4 is 10.9 Å². The molecule has 2 rings (SSSR count). The quantitative estimate of drug-likeness (QED) is 0.588. The van der Waals surface area contributed by atoms with Crippen LogP contribution in [0, 0.1) is 0 Å². The number of para-hydroxylation sites is 1. The zero-order valence-electron chi connectivity index (χ0n) is 14.2. The van der Waals surface area contributed by atoms with E-state index in [1.54, 1.807) is 25.1 Å². The van der Waals surface area contributed by atoms with E-state index >= 15 is 0 Å². The molecular weight excluding hydrogens is 326 g/mol. The zero-order chi connectivity index (χ0) is 17.7. The van der Waals surface area contributed by atoms with Crippen LogP contribution in [0.1, 0.15) is 27.2 Å². The Morgan fingerprint density at radius 1 is 1.38 bits per heavy atom. The summed E-state index contributed by atoms with van der Waals surface area (Å²) in [6.07, 6.45) is 0.177. The van der Waals surface area contributed by atoms with Gasteiger partial charge in [-0.15, -0.1) is 0 Å². The molecule has 7 heteroatoms. The second kappa shape index (κ2) is 8.30. The molecule has 2 atom stereocenters. The highest BCUT2D eigenvalue weighted by Gasteiger charge is 2.15. The minimum Gasteiger partial charge on any atom is -0.392 e. The number of thioether (sulfide) groups is 1. The first kappa shape index (κ1) is 18.5. The Labute approximate surface area is 145 Å². The van der Waals surface area contributed by atoms with Gasteiger partial charge in [0.05, 0.1) is 29.3 Å². The van der Waals surface area contributed by atoms with Crippen LogP contribution in [0.4, 0.5) is 0 Å². The van der Waals surface area contributed by atoms with Crippen molar-refractivity contribution in [3.63, 3.8) is 0 Å². The number of carbonyl (C=O) groups excluding carboxylic acids is 1. The van der Waals surface area contributed by atoms with E-state index in [0.717, 1.165) is 6.42 Å². The Kier molecular flexibility index (Phi) is 6.39. The minimum atomic E-state index is -0.682. The van der Waals surface area contributed by atoms with Crippen LogP contribution in [0.2, 0.25) is 0 Å². The molecule has 1 amide bonds. The molecule has 0 saturated heterocycles. The fraction of sp³-hybridized carbons (Fsp3) is 0.471. The van der Waals surface area contributed by atoms with E-state index in [9.17, 15) is 14.7 Å². The van der Waals surface area contributed by atoms with Crippen molar-refractivity contribution in [2.24, 2.45) is 0 Å². The number of carbonyl (C=O) groups is 1. The van der Waals surface area contributed by atoms with Gasteiger partial charge in [-0.05, 0) is 32.4 Å². The number of benzene rings is 1. The van der Waals surface area contributed by atoms with Crippen LogP contribution in [0.3, 0.4) is 0 Å². The average Bonchev–Trinajstić information content (AvgIpc) is 2.55. The number of fused-ring (bicyclic) bond motifs is 1. The van der Waals surface area contributed by atoms with Crippen LogP contribution in [-0.4, -0.2) is 38.5 Å². The first-order valence-corrected chi connectivity index (χ1v) is 9.00. The lowest BCUT2D eigenvalue weighted by Crippen LogP contribution is -2.33. The maximum Gasteiger partial charge on any atom is 0.262 e. The molecule has 0 bridgehead atoms. The molecule has 0 unspecified atom stereocenters. The Balaban J connectivity index is 2.30. The minimum absolute atomic E-state index is 0.0969. The van der Waals surface area contributed by atoms with Gasteiger partial charge in [0.2, 0.25) is 5.91 Å². The number of hydrogen-bond acceptors (Lipinski definition) is 5. The van der Waals surface area contributed by atoms with Crippen molar-refractivity contribution in [3.8, 4) is 0 Å². The number of hydrogen-bond donors (Lipinski definition) is 2. The number of aliphatic hydroxyl groups is 1. The summed E-state index contributed by atoms with van der Waals surface area (Å²) in [5, 5.41) is 13.5. The second-order valence-corrected chi connectivity index (χ2v) is 6.78. The highest BCUT2D eigenvalue weighted by molar-refractivity contribution is 7.99. The SMILES string of the molecule is CC[C@H](C)NC(=O)CSc1nc2ccccc2c(=O)n1C[C@H](C)O. The van der Waals surface area contributed by atoms with E-state index in [2.05, 4.69) is 10.3 Å². The third kappa shape index (κ3) is 4.58. The first-order valence-electron chi connectivity index (χ1n) is 8.02. The number of amides is 1. The maximum absolute atomic E-state index is 12.7. The summed E-state index contributed by atoms with van der Waals surface area (Å²) in [4.78, 5) is 29.1. The van der Waals surface area contributed by atoms with Crippen molar-refractivity contribution in [1.29, 1.82) is 0 Å². The van der Waals surface area contributed by atoms with E-state index < -0.39 is 6.10 Å². The van der Waals surface area contributed by atoms with Gasteiger partial charge in [0, 0.05) is 6.04 Å². The van der Waals surface area contributed by atoms with Gasteiger partial charge in [0.1, 0.15) is 0 Å². The van der Waals surface area contributed by atoms with E-state index in [-0.39, 0.29) is 29.8 Å². The smallest absolute Gasteiger partial charge is 0.262 e. The molecule has 2 aromatic rings. The third-order valence-electron chi connectivity index (χ3n) is 3.63. The highest BCUT2D eigenvalue weighted by atomic mass is 32.2. The van der Waals surface area contributed by atoms with Crippen LogP contribution in [0.5, 0.6) is 0 Å². The van der Waals surface area contributed by atoms with Crippen LogP contribution in [0.15, 0.2) is 34.2 Å². The number of aliphatic hydroxyl groups excluding tert-OH is 1. The summed E-state index contributed by atoms with van der Waals surface area (Å²) < 4.78 is 1.44. The van der Waals surface area contributed by atoms with Crippen molar-refractivity contribution in [3.05, 3.63) is 34.6 Å². The first-order chi connectivity index (χ1) is 11.4. The van der Waals surface area contributed by atoms with Crippen LogP contribution in [0.25, 0.3) is 10.9 Å². The molecule has 0 aliphatic rings. The summed E-state index contributed by atoms with van der Waals surface area (Å²) in [5.74, 6) is 0.0786. The third-order valence-corrected chi connectivity index (χ3v) is 4.60. The van der Waals surface area contributed by atoms with Gasteiger partial charge in [-0.2, -0.15) is 0 Å². The number of nitrogens with one attached hydrogen (secondary N) is 1. The summed E-state index contributed by atoms with van der Waals surface area (Å²) >= 11 is 1.21. The Hall–Kier alpha value is -1.86. The van der Waals surface area contributed by atoms with Crippen molar-refractivity contribution in [2.75, 3.05) is 5.75 Å². The molecule has 1 aromatic carbocycles. The predicted molar refractivity (Wildman–Crippen MR) is 96.3 cm³/mol. The lowest BCUT2D eigenvalue weighted by Gasteiger charge is -2.15. The van der Waals surface area contributed by atoms with Crippen molar-refractivity contribution >= 4 is 28.6 Å². The lowest BCUT2D eigenvalue weighted by atomic mass is 10.2. The molecule has 0 aliphatic carbocycles. The van der Waals surface area contributed by atoms with E-state index in [1.165, 1.54) is 16.3 Å². The molecule has 130 valence electrons. The van der Waals surface area contributed by atoms with Crippen molar-refractivity contribution < 1.29 is 9.90 Å². The average molecular weight is 349 g/mol. The molecule has 0 saturated carbocycles. The van der Waals surface area contributed by atoms with Gasteiger partial charge < -0.3 is 10.4 Å². The molecule has 6 nitrogen and oxygen atoms in total. The fourth-order valence-electron chi connectivity index (χ4n) is 2.23. The molecule has 1 heterocycles. The van der Waals surface area contributed by atoms with E-state index in [1.807, 2.05) is 19.9 Å². The standard InChI is InChI=1S/C17H23N3O3S/c1-4-11(2)18-15(22)10-24-17-19-14-8-6-5-7-13(14)16(23)20(17)9-12(3)21/h5-8,11-12,21H,4,9-10H2,1-3H3,(H,18,22)/t11-,12-/m0/s1. The van der Waals surface area contributed by atoms with Gasteiger partial charge >= 0.3 is 0 Å². The van der Waals surface area contributed by atoms with Gasteiger partial charge in [0.15, 0.2) is 5.16 Å². The van der Waals surface area contributed by atoms with Gasteiger partial charge in [-0.1, -0.05) is 30.8 Å². The van der Waals surface area contributed by atoms with Crippen LogP contribution in [-0.2, 0) is 11.3 Å². The van der Waals surface area contributed by atoms with Gasteiger partial charge in [-0.3, -0.25) is 14.2 Å². The van der Waals surface area contributed by atoms with Gasteiger partial charge in [-0.25, -0.2) is 4.98 Å². The molecule has 1 aromatic heterocycles. The Bertz CT molecular complexity index is 773. The summed E-state index contributed by atoms with van der Waals surface area (Å²) in [6.45, 7) is 5.71. The largest absolute Gasteiger partial charge is 0.392 e. The van der Waals surface area contributed by atoms with Crippen LogP contribution >= 0.6 is 11.8 Å². The van der Waals surface area contributed by atoms with E-state index in [4.69, 9.17) is 0 Å². The number of rotatable bonds is 7. The molecule has 2 N–H and O–H groups in total. The maximum atomic E-state index is 12.7. The molecule has 0 fully saturated rings. The lowest BCUT2D eigenvalue weighted by molar-refractivity contribution is -0.119. The van der Waals surface area contributed by atoms with E-state index in [0.29, 0.717) is 16.1 Å². The molecular formula is C17H23N3O3S. The highest BCUT2D eigenvalue weighted by Crippen LogP contribution is 2.18. The van der Waals surface area contributed by atoms with Crippen molar-refractivity contribution in [2.45, 2.75) is 51.0 Å². The number of aromatic nitrogens is 2. The fourth-order valence-corrected chi connectivity index (χ4v) is 3.05. The monoisotopic (exact) mass is 349 g/mol. The molecule has 0 radical (unpaired) electrons. The molecule has 24 heavy (non-hydrogen) atoms. The number of nitrogens with zero attached hydrogens (tertiary/aromatic N) is 2. The zero-order valence-corrected chi connectivity index (χ0v) is 15.0. The van der Waals surface area contributed by atoms with Gasteiger partial charge in [0.25, 0.3) is 5.56 Å². The normalized spacial score (nSPS) is 13.7. The second-order valence-electron chi connectivity index (χ2n) is 5.84. The summed E-state index contributed by atoms with van der Waals surface area (Å²) in [7, 11) is 0. The summed E-state index contributed by atoms with van der Waals surface area (Å²) in [6, 6.07) is 7.20. The van der Waals surface area contributed by atoms with Crippen molar-refractivity contribution in [1.82, 2.24) is 14.9 Å². The Morgan fingerprint density at radius 2 is 2.08 bits per heavy atom. The molecule has 0 spiro atoms. The predicted octanol–water partition coefficient (Wildman–Crippen LogP) is 1.78. The Morgan fingerprint density at radius 3 is 2.75 bits per heavy atom. The molecule has 0 aliphatic heterocycles.